The number of piperidine rings is 1. The molecule has 0 bridgehead atoms. The van der Waals surface area contributed by atoms with Crippen molar-refractivity contribution in [3.05, 3.63) is 54.3 Å². The van der Waals surface area contributed by atoms with Gasteiger partial charge in [-0.15, -0.1) is 0 Å². The van der Waals surface area contributed by atoms with Crippen molar-refractivity contribution in [1.82, 2.24) is 25.3 Å². The molecule has 4 rings (SSSR count). The van der Waals surface area contributed by atoms with Crippen molar-refractivity contribution >= 4 is 0 Å². The summed E-state index contributed by atoms with van der Waals surface area (Å²) in [5.41, 5.74) is 0.624. The zero-order valence-corrected chi connectivity index (χ0v) is 13.2. The van der Waals surface area contributed by atoms with Gasteiger partial charge in [0.15, 0.2) is 5.76 Å². The van der Waals surface area contributed by atoms with Crippen LogP contribution in [0.5, 0.6) is 0 Å². The van der Waals surface area contributed by atoms with Crippen molar-refractivity contribution in [3.8, 4) is 11.3 Å². The molecule has 124 valence electrons. The van der Waals surface area contributed by atoms with Crippen LogP contribution in [0.3, 0.4) is 0 Å². The third kappa shape index (κ3) is 2.95. The van der Waals surface area contributed by atoms with E-state index in [0.717, 1.165) is 24.3 Å². The summed E-state index contributed by atoms with van der Waals surface area (Å²) in [6.45, 7) is 1.94. The summed E-state index contributed by atoms with van der Waals surface area (Å²) in [5, 5.41) is 21.3. The standard InChI is InChI=1S/C17H19N5O2/c23-17(15-10-19-21-20-15)7-4-8-22(12-17)11-16-18-9-14(24-16)13-5-2-1-3-6-13/h1-3,5-6,9-10,23H,4,7-8,11-12H2,(H,19,20,21)/t17-/m0/s1. The van der Waals surface area contributed by atoms with Gasteiger partial charge >= 0.3 is 0 Å². The van der Waals surface area contributed by atoms with Crippen LogP contribution in [0.15, 0.2) is 47.1 Å². The monoisotopic (exact) mass is 325 g/mol. The van der Waals surface area contributed by atoms with Crippen molar-refractivity contribution in [3.63, 3.8) is 0 Å². The number of H-pyrrole nitrogens is 1. The number of aromatic amines is 1. The zero-order valence-electron chi connectivity index (χ0n) is 13.2. The Hall–Kier alpha value is -2.51. The Morgan fingerprint density at radius 1 is 1.25 bits per heavy atom. The third-order valence-corrected chi connectivity index (χ3v) is 4.41. The first kappa shape index (κ1) is 15.0. The Labute approximate surface area is 139 Å². The number of nitrogens with one attached hydrogen (secondary N) is 1. The minimum Gasteiger partial charge on any atom is -0.439 e. The SMILES string of the molecule is O[C@@]1(c2cn[nH]n2)CCCN(Cc2ncc(-c3ccccc3)o2)C1. The maximum atomic E-state index is 10.8. The lowest BCUT2D eigenvalue weighted by Gasteiger charge is -2.37. The van der Waals surface area contributed by atoms with E-state index >= 15 is 0 Å². The Balaban J connectivity index is 1.47. The van der Waals surface area contributed by atoms with E-state index in [9.17, 15) is 5.11 Å². The fourth-order valence-electron chi connectivity index (χ4n) is 3.20. The lowest BCUT2D eigenvalue weighted by molar-refractivity contribution is -0.0432. The van der Waals surface area contributed by atoms with Gasteiger partial charge in [0.1, 0.15) is 11.3 Å². The van der Waals surface area contributed by atoms with Crippen LogP contribution in [0, 0.1) is 0 Å². The number of benzene rings is 1. The van der Waals surface area contributed by atoms with Gasteiger partial charge in [-0.2, -0.15) is 15.4 Å². The second-order valence-corrected chi connectivity index (χ2v) is 6.19. The molecule has 0 unspecified atom stereocenters. The van der Waals surface area contributed by atoms with Crippen LogP contribution < -0.4 is 0 Å². The number of hydrogen-bond donors (Lipinski definition) is 2. The molecule has 7 nitrogen and oxygen atoms in total. The number of aromatic nitrogens is 4. The molecule has 1 fully saturated rings. The summed E-state index contributed by atoms with van der Waals surface area (Å²) < 4.78 is 5.86. The van der Waals surface area contributed by atoms with Crippen LogP contribution in [0.25, 0.3) is 11.3 Å². The van der Waals surface area contributed by atoms with E-state index in [2.05, 4.69) is 25.3 Å². The van der Waals surface area contributed by atoms with E-state index in [-0.39, 0.29) is 0 Å². The highest BCUT2D eigenvalue weighted by Gasteiger charge is 2.37. The second kappa shape index (κ2) is 6.18. The van der Waals surface area contributed by atoms with Crippen molar-refractivity contribution in [2.45, 2.75) is 25.0 Å². The molecule has 7 heteroatoms. The second-order valence-electron chi connectivity index (χ2n) is 6.19. The van der Waals surface area contributed by atoms with Crippen molar-refractivity contribution in [2.24, 2.45) is 0 Å². The molecule has 0 saturated carbocycles. The topological polar surface area (TPSA) is 91.1 Å². The molecule has 0 aliphatic carbocycles. The number of likely N-dealkylation sites (tertiary alicyclic amines) is 1. The summed E-state index contributed by atoms with van der Waals surface area (Å²) >= 11 is 0. The van der Waals surface area contributed by atoms with Gasteiger partial charge in [-0.05, 0) is 19.4 Å². The molecule has 1 aliphatic heterocycles. The highest BCUT2D eigenvalue weighted by molar-refractivity contribution is 5.55. The normalized spacial score (nSPS) is 21.9. The fourth-order valence-corrected chi connectivity index (χ4v) is 3.20. The van der Waals surface area contributed by atoms with E-state index in [1.54, 1.807) is 12.4 Å². The summed E-state index contributed by atoms with van der Waals surface area (Å²) in [6, 6.07) is 9.91. The number of aliphatic hydroxyl groups is 1. The van der Waals surface area contributed by atoms with E-state index in [1.807, 2.05) is 30.3 Å². The van der Waals surface area contributed by atoms with Crippen molar-refractivity contribution in [1.29, 1.82) is 0 Å². The van der Waals surface area contributed by atoms with Gasteiger partial charge in [-0.1, -0.05) is 30.3 Å². The largest absolute Gasteiger partial charge is 0.439 e. The van der Waals surface area contributed by atoms with E-state index in [4.69, 9.17) is 4.42 Å². The molecular formula is C17H19N5O2. The summed E-state index contributed by atoms with van der Waals surface area (Å²) in [4.78, 5) is 6.51. The molecule has 1 aliphatic rings. The number of rotatable bonds is 4. The van der Waals surface area contributed by atoms with Crippen molar-refractivity contribution in [2.75, 3.05) is 13.1 Å². The first-order valence-electron chi connectivity index (χ1n) is 8.04. The van der Waals surface area contributed by atoms with Gasteiger partial charge in [0.25, 0.3) is 0 Å². The average Bonchev–Trinajstić information content (AvgIpc) is 3.28. The van der Waals surface area contributed by atoms with E-state index in [1.165, 1.54) is 0 Å². The maximum Gasteiger partial charge on any atom is 0.209 e. The Morgan fingerprint density at radius 2 is 2.12 bits per heavy atom. The minimum absolute atomic E-state index is 0.489. The number of oxazole rings is 1. The van der Waals surface area contributed by atoms with Crippen LogP contribution in [0.1, 0.15) is 24.4 Å². The Bertz CT molecular complexity index is 786. The van der Waals surface area contributed by atoms with Gasteiger partial charge < -0.3 is 9.52 Å². The van der Waals surface area contributed by atoms with Gasteiger partial charge in [0.2, 0.25) is 5.89 Å². The summed E-state index contributed by atoms with van der Waals surface area (Å²) in [6.07, 6.45) is 4.90. The number of β-amino-alcohol motifs (C(OH)–C–C–N with tert-alkyl or cyclic N) is 1. The molecule has 1 aromatic carbocycles. The molecule has 1 saturated heterocycles. The molecule has 3 aromatic rings. The van der Waals surface area contributed by atoms with Crippen molar-refractivity contribution < 1.29 is 9.52 Å². The van der Waals surface area contributed by atoms with E-state index in [0.29, 0.717) is 31.1 Å². The smallest absolute Gasteiger partial charge is 0.209 e. The average molecular weight is 325 g/mol. The Kier molecular flexibility index (Phi) is 3.87. The quantitative estimate of drug-likeness (QED) is 0.762. The molecule has 2 aromatic heterocycles. The molecule has 2 N–H and O–H groups in total. The van der Waals surface area contributed by atoms with Crippen LogP contribution in [0.2, 0.25) is 0 Å². The Morgan fingerprint density at radius 3 is 2.92 bits per heavy atom. The first-order valence-corrected chi connectivity index (χ1v) is 8.04. The molecule has 0 radical (unpaired) electrons. The predicted molar refractivity (Wildman–Crippen MR) is 86.7 cm³/mol. The number of nitrogens with zero attached hydrogens (tertiary/aromatic N) is 4. The van der Waals surface area contributed by atoms with Gasteiger partial charge in [0.05, 0.1) is 18.9 Å². The molecule has 0 spiro atoms. The molecule has 3 heterocycles. The highest BCUT2D eigenvalue weighted by atomic mass is 16.4. The fraction of sp³-hybridized carbons (Fsp3) is 0.353. The van der Waals surface area contributed by atoms with Gasteiger partial charge in [-0.25, -0.2) is 4.98 Å². The molecule has 24 heavy (non-hydrogen) atoms. The first-order chi connectivity index (χ1) is 11.7. The lowest BCUT2D eigenvalue weighted by atomic mass is 9.90. The van der Waals surface area contributed by atoms with Crippen LogP contribution in [-0.4, -0.2) is 43.5 Å². The van der Waals surface area contributed by atoms with Gasteiger partial charge in [0, 0.05) is 12.1 Å². The number of hydrogen-bond acceptors (Lipinski definition) is 6. The zero-order chi connectivity index (χ0) is 16.4. The predicted octanol–water partition coefficient (Wildman–Crippen LogP) is 1.94. The minimum atomic E-state index is -0.972. The highest BCUT2D eigenvalue weighted by Crippen LogP contribution is 2.30. The van der Waals surface area contributed by atoms with Crippen LogP contribution >= 0.6 is 0 Å². The van der Waals surface area contributed by atoms with Crippen LogP contribution in [-0.2, 0) is 12.1 Å². The third-order valence-electron chi connectivity index (χ3n) is 4.41. The van der Waals surface area contributed by atoms with Crippen LogP contribution in [0.4, 0.5) is 0 Å². The summed E-state index contributed by atoms with van der Waals surface area (Å²) in [7, 11) is 0. The van der Waals surface area contributed by atoms with E-state index < -0.39 is 5.60 Å². The molecular weight excluding hydrogens is 306 g/mol. The summed E-state index contributed by atoms with van der Waals surface area (Å²) in [5.74, 6) is 1.41. The van der Waals surface area contributed by atoms with Gasteiger partial charge in [-0.3, -0.25) is 4.90 Å². The molecule has 1 atom stereocenters. The molecule has 0 amide bonds. The maximum absolute atomic E-state index is 10.8. The lowest BCUT2D eigenvalue weighted by Crippen LogP contribution is -2.45.